The lowest BCUT2D eigenvalue weighted by molar-refractivity contribution is 0.0700. The van der Waals surface area contributed by atoms with Crippen LogP contribution in [0.15, 0.2) is 0 Å². The number of fused-ring (bicyclic) bond motifs is 1. The first-order valence-electron chi connectivity index (χ1n) is 4.94. The van der Waals surface area contributed by atoms with E-state index in [-0.39, 0.29) is 0 Å². The summed E-state index contributed by atoms with van der Waals surface area (Å²) in [4.78, 5) is 12.7. The van der Waals surface area contributed by atoms with Crippen LogP contribution in [-0.4, -0.2) is 11.1 Å². The first-order valence-corrected chi connectivity index (χ1v) is 5.75. The minimum absolute atomic E-state index is 0.574. The molecule has 2 nitrogen and oxygen atoms in total. The smallest absolute Gasteiger partial charge is 0.346 e. The molecule has 0 bridgehead atoms. The highest BCUT2D eigenvalue weighted by Gasteiger charge is 2.25. The largest absolute Gasteiger partial charge is 0.477 e. The van der Waals surface area contributed by atoms with Gasteiger partial charge in [0.15, 0.2) is 0 Å². The number of hydrogen-bond donors (Lipinski definition) is 1. The van der Waals surface area contributed by atoms with Gasteiger partial charge < -0.3 is 5.11 Å². The summed E-state index contributed by atoms with van der Waals surface area (Å²) in [5, 5.41) is 9.03. The summed E-state index contributed by atoms with van der Waals surface area (Å²) in [5.41, 5.74) is 2.42. The van der Waals surface area contributed by atoms with Gasteiger partial charge in [-0.3, -0.25) is 0 Å². The predicted molar refractivity (Wildman–Crippen MR) is 57.2 cm³/mol. The zero-order valence-electron chi connectivity index (χ0n) is 8.46. The second-order valence-corrected chi connectivity index (χ2v) is 5.32. The molecule has 0 saturated carbocycles. The molecule has 0 radical (unpaired) electrons. The van der Waals surface area contributed by atoms with Crippen molar-refractivity contribution in [3.63, 3.8) is 0 Å². The van der Waals surface area contributed by atoms with Crippen LogP contribution in [0.3, 0.4) is 0 Å². The molecule has 14 heavy (non-hydrogen) atoms. The third kappa shape index (κ3) is 1.46. The molecule has 1 aliphatic carbocycles. The Kier molecular flexibility index (Phi) is 2.35. The maximum absolute atomic E-state index is 11.0. The van der Waals surface area contributed by atoms with Gasteiger partial charge in [-0.25, -0.2) is 4.79 Å². The Balaban J connectivity index is 2.49. The summed E-state index contributed by atoms with van der Waals surface area (Å²) in [6, 6.07) is 0. The lowest BCUT2D eigenvalue weighted by Crippen LogP contribution is -2.12. The van der Waals surface area contributed by atoms with E-state index in [4.69, 9.17) is 5.11 Å². The van der Waals surface area contributed by atoms with E-state index < -0.39 is 5.97 Å². The fraction of sp³-hybridized carbons (Fsp3) is 0.545. The van der Waals surface area contributed by atoms with Crippen molar-refractivity contribution >= 4 is 17.3 Å². The third-order valence-electron chi connectivity index (χ3n) is 2.95. The standard InChI is InChI=1S/C11H14O2S/c1-6-3-4-8-9(5-6)7(2)14-10(8)11(12)13/h6H,3-5H2,1-2H3,(H,12,13). The Morgan fingerprint density at radius 3 is 2.86 bits per heavy atom. The fourth-order valence-electron chi connectivity index (χ4n) is 2.17. The molecule has 2 rings (SSSR count). The van der Waals surface area contributed by atoms with Crippen LogP contribution < -0.4 is 0 Å². The third-order valence-corrected chi connectivity index (χ3v) is 4.13. The predicted octanol–water partition coefficient (Wildman–Crippen LogP) is 2.88. The summed E-state index contributed by atoms with van der Waals surface area (Å²) >= 11 is 1.44. The Morgan fingerprint density at radius 1 is 1.50 bits per heavy atom. The van der Waals surface area contributed by atoms with E-state index in [0.717, 1.165) is 24.8 Å². The average Bonchev–Trinajstić information content (AvgIpc) is 2.44. The van der Waals surface area contributed by atoms with Crippen molar-refractivity contribution in [2.24, 2.45) is 5.92 Å². The van der Waals surface area contributed by atoms with E-state index in [2.05, 4.69) is 6.92 Å². The molecule has 1 aliphatic rings. The highest BCUT2D eigenvalue weighted by Crippen LogP contribution is 2.35. The van der Waals surface area contributed by atoms with E-state index in [0.29, 0.717) is 10.8 Å². The fourth-order valence-corrected chi connectivity index (χ4v) is 3.24. The molecule has 0 amide bonds. The number of carboxylic acids is 1. The molecule has 3 heteroatoms. The number of hydrogen-bond acceptors (Lipinski definition) is 2. The van der Waals surface area contributed by atoms with Gasteiger partial charge in [0, 0.05) is 4.88 Å². The van der Waals surface area contributed by atoms with Crippen LogP contribution in [0.4, 0.5) is 0 Å². The van der Waals surface area contributed by atoms with Crippen LogP contribution in [0.2, 0.25) is 0 Å². The second-order valence-electron chi connectivity index (χ2n) is 4.10. The van der Waals surface area contributed by atoms with Gasteiger partial charge in [0.1, 0.15) is 4.88 Å². The van der Waals surface area contributed by atoms with Crippen LogP contribution in [0, 0.1) is 12.8 Å². The minimum atomic E-state index is -0.756. The van der Waals surface area contributed by atoms with Crippen LogP contribution in [0.5, 0.6) is 0 Å². The molecule has 1 atom stereocenters. The van der Waals surface area contributed by atoms with E-state index in [1.807, 2.05) is 6.92 Å². The maximum Gasteiger partial charge on any atom is 0.346 e. The molecule has 1 aromatic heterocycles. The van der Waals surface area contributed by atoms with Crippen LogP contribution >= 0.6 is 11.3 Å². The summed E-state index contributed by atoms with van der Waals surface area (Å²) < 4.78 is 0. The Labute approximate surface area is 87.6 Å². The Bertz CT molecular complexity index is 379. The number of aromatic carboxylic acids is 1. The van der Waals surface area contributed by atoms with Crippen LogP contribution in [0.1, 0.15) is 39.0 Å². The number of aryl methyl sites for hydroxylation is 1. The summed E-state index contributed by atoms with van der Waals surface area (Å²) in [6.45, 7) is 4.27. The van der Waals surface area contributed by atoms with Gasteiger partial charge in [-0.05, 0) is 43.2 Å². The molecule has 1 N–H and O–H groups in total. The number of carbonyl (C=O) groups is 1. The van der Waals surface area contributed by atoms with Crippen molar-refractivity contribution in [2.45, 2.75) is 33.1 Å². The highest BCUT2D eigenvalue weighted by molar-refractivity contribution is 7.14. The molecule has 0 saturated heterocycles. The Morgan fingerprint density at radius 2 is 2.21 bits per heavy atom. The van der Waals surface area contributed by atoms with E-state index in [1.54, 1.807) is 0 Å². The molecule has 0 spiro atoms. The van der Waals surface area contributed by atoms with Crippen LogP contribution in [-0.2, 0) is 12.8 Å². The molecular weight excluding hydrogens is 196 g/mol. The van der Waals surface area contributed by atoms with Crippen molar-refractivity contribution in [3.05, 3.63) is 20.9 Å². The lowest BCUT2D eigenvalue weighted by Gasteiger charge is -2.19. The summed E-state index contributed by atoms with van der Waals surface area (Å²) in [5.74, 6) is -0.0497. The molecule has 0 fully saturated rings. The number of thiophene rings is 1. The van der Waals surface area contributed by atoms with E-state index in [1.165, 1.54) is 21.8 Å². The molecule has 0 aromatic carbocycles. The SMILES string of the molecule is Cc1sc(C(=O)O)c2c1CC(C)CC2. The maximum atomic E-state index is 11.0. The van der Waals surface area contributed by atoms with Gasteiger partial charge in [-0.1, -0.05) is 6.92 Å². The molecular formula is C11H14O2S. The molecule has 1 unspecified atom stereocenters. The molecule has 0 aliphatic heterocycles. The van der Waals surface area contributed by atoms with E-state index in [9.17, 15) is 4.79 Å². The highest BCUT2D eigenvalue weighted by atomic mass is 32.1. The van der Waals surface area contributed by atoms with Gasteiger partial charge in [0.2, 0.25) is 0 Å². The monoisotopic (exact) mass is 210 g/mol. The summed E-state index contributed by atoms with van der Waals surface area (Å²) in [6.07, 6.45) is 3.14. The van der Waals surface area contributed by atoms with Gasteiger partial charge in [0.05, 0.1) is 0 Å². The second kappa shape index (κ2) is 3.39. The normalized spacial score (nSPS) is 20.6. The Hall–Kier alpha value is -0.830. The van der Waals surface area contributed by atoms with Gasteiger partial charge in [0.25, 0.3) is 0 Å². The van der Waals surface area contributed by atoms with Crippen molar-refractivity contribution in [1.29, 1.82) is 0 Å². The van der Waals surface area contributed by atoms with Gasteiger partial charge in [-0.2, -0.15) is 0 Å². The number of carboxylic acid groups (broad SMARTS) is 1. The summed E-state index contributed by atoms with van der Waals surface area (Å²) in [7, 11) is 0. The topological polar surface area (TPSA) is 37.3 Å². The quantitative estimate of drug-likeness (QED) is 0.773. The molecule has 1 aromatic rings. The zero-order valence-corrected chi connectivity index (χ0v) is 9.28. The van der Waals surface area contributed by atoms with Gasteiger partial charge >= 0.3 is 5.97 Å². The van der Waals surface area contributed by atoms with Crippen molar-refractivity contribution in [2.75, 3.05) is 0 Å². The number of rotatable bonds is 1. The van der Waals surface area contributed by atoms with Crippen molar-refractivity contribution < 1.29 is 9.90 Å². The average molecular weight is 210 g/mol. The first kappa shape index (κ1) is 9.71. The first-order chi connectivity index (χ1) is 6.59. The van der Waals surface area contributed by atoms with Crippen molar-refractivity contribution in [3.8, 4) is 0 Å². The molecule has 76 valence electrons. The van der Waals surface area contributed by atoms with Crippen LogP contribution in [0.25, 0.3) is 0 Å². The molecule has 1 heterocycles. The minimum Gasteiger partial charge on any atom is -0.477 e. The zero-order chi connectivity index (χ0) is 10.3. The van der Waals surface area contributed by atoms with Crippen molar-refractivity contribution in [1.82, 2.24) is 0 Å². The lowest BCUT2D eigenvalue weighted by atomic mass is 9.85. The van der Waals surface area contributed by atoms with Gasteiger partial charge in [-0.15, -0.1) is 11.3 Å². The van der Waals surface area contributed by atoms with E-state index >= 15 is 0 Å².